The van der Waals surface area contributed by atoms with Gasteiger partial charge in [0.15, 0.2) is 0 Å². The lowest BCUT2D eigenvalue weighted by Crippen LogP contribution is -2.52. The highest BCUT2D eigenvalue weighted by atomic mass is 16.2. The van der Waals surface area contributed by atoms with Crippen LogP contribution in [0, 0.1) is 17.8 Å². The summed E-state index contributed by atoms with van der Waals surface area (Å²) in [4.78, 5) is 29.4. The minimum atomic E-state index is -0.152. The van der Waals surface area contributed by atoms with Crippen LogP contribution in [0.4, 0.5) is 0 Å². The van der Waals surface area contributed by atoms with E-state index < -0.39 is 0 Å². The number of amides is 2. The molecule has 0 spiro atoms. The van der Waals surface area contributed by atoms with Crippen molar-refractivity contribution >= 4 is 11.8 Å². The van der Waals surface area contributed by atoms with Crippen LogP contribution in [-0.2, 0) is 9.59 Å². The number of rotatable bonds is 5. The molecule has 0 aliphatic carbocycles. The summed E-state index contributed by atoms with van der Waals surface area (Å²) in [5.74, 6) is 1.65. The van der Waals surface area contributed by atoms with Gasteiger partial charge in [-0.1, -0.05) is 20.8 Å². The number of hydrogen-bond donors (Lipinski definition) is 1. The zero-order chi connectivity index (χ0) is 17.7. The van der Waals surface area contributed by atoms with Gasteiger partial charge in [0, 0.05) is 26.2 Å². The number of nitrogens with zero attached hydrogens (tertiary/aromatic N) is 2. The van der Waals surface area contributed by atoms with Gasteiger partial charge in [-0.2, -0.15) is 0 Å². The fourth-order valence-electron chi connectivity index (χ4n) is 3.67. The Balaban J connectivity index is 1.86. The Labute approximate surface area is 147 Å². The van der Waals surface area contributed by atoms with Gasteiger partial charge in [0.25, 0.3) is 0 Å². The fraction of sp³-hybridized carbons (Fsp3) is 0.895. The maximum absolute atomic E-state index is 12.8. The van der Waals surface area contributed by atoms with Crippen molar-refractivity contribution in [3.05, 3.63) is 0 Å². The van der Waals surface area contributed by atoms with E-state index in [1.54, 1.807) is 0 Å². The van der Waals surface area contributed by atoms with Crippen molar-refractivity contribution < 1.29 is 9.59 Å². The molecule has 2 heterocycles. The van der Waals surface area contributed by atoms with E-state index in [1.807, 2.05) is 6.92 Å². The molecule has 2 saturated heterocycles. The Bertz CT molecular complexity index is 430. The predicted molar refractivity (Wildman–Crippen MR) is 96.6 cm³/mol. The van der Waals surface area contributed by atoms with Crippen LogP contribution >= 0.6 is 0 Å². The first-order valence-electron chi connectivity index (χ1n) is 9.69. The summed E-state index contributed by atoms with van der Waals surface area (Å²) in [6.07, 6.45) is 4.20. The van der Waals surface area contributed by atoms with Crippen molar-refractivity contribution in [2.24, 2.45) is 17.8 Å². The molecule has 0 radical (unpaired) electrons. The number of carbonyl (C=O) groups is 2. The van der Waals surface area contributed by atoms with E-state index >= 15 is 0 Å². The van der Waals surface area contributed by atoms with Crippen molar-refractivity contribution in [1.29, 1.82) is 0 Å². The minimum Gasteiger partial charge on any atom is -0.354 e. The van der Waals surface area contributed by atoms with Crippen LogP contribution in [0.2, 0.25) is 0 Å². The second kappa shape index (κ2) is 8.84. The van der Waals surface area contributed by atoms with E-state index in [-0.39, 0.29) is 17.9 Å². The summed E-state index contributed by atoms with van der Waals surface area (Å²) in [6.45, 7) is 12.6. The third kappa shape index (κ3) is 5.20. The van der Waals surface area contributed by atoms with Gasteiger partial charge in [-0.15, -0.1) is 0 Å². The molecule has 0 aromatic carbocycles. The van der Waals surface area contributed by atoms with E-state index in [2.05, 4.69) is 35.9 Å². The number of piperidine rings is 2. The third-order valence-corrected chi connectivity index (χ3v) is 5.51. The van der Waals surface area contributed by atoms with Crippen LogP contribution in [0.25, 0.3) is 0 Å². The monoisotopic (exact) mass is 337 g/mol. The van der Waals surface area contributed by atoms with Crippen LogP contribution in [0.5, 0.6) is 0 Å². The van der Waals surface area contributed by atoms with Crippen molar-refractivity contribution in [3.8, 4) is 0 Å². The molecule has 0 aromatic rings. The lowest BCUT2D eigenvalue weighted by atomic mass is 9.93. The fourth-order valence-corrected chi connectivity index (χ4v) is 3.67. The first-order chi connectivity index (χ1) is 11.4. The van der Waals surface area contributed by atoms with Crippen LogP contribution in [0.3, 0.4) is 0 Å². The molecule has 5 nitrogen and oxygen atoms in total. The molecule has 138 valence electrons. The van der Waals surface area contributed by atoms with Crippen molar-refractivity contribution in [1.82, 2.24) is 15.1 Å². The van der Waals surface area contributed by atoms with Gasteiger partial charge in [-0.25, -0.2) is 0 Å². The van der Waals surface area contributed by atoms with Gasteiger partial charge in [0.2, 0.25) is 11.8 Å². The Kier molecular flexibility index (Phi) is 7.08. The average Bonchev–Trinajstić information content (AvgIpc) is 2.59. The maximum atomic E-state index is 12.8. The SMILES string of the molecule is CC(C)CNC(=O)[C@@H](C)N1CCC[C@H](C(=O)N2CCC(C)CC2)C1. The zero-order valence-electron chi connectivity index (χ0n) is 15.9. The average molecular weight is 338 g/mol. The summed E-state index contributed by atoms with van der Waals surface area (Å²) >= 11 is 0. The Morgan fingerprint density at radius 1 is 1.08 bits per heavy atom. The molecule has 5 heteroatoms. The molecule has 0 bridgehead atoms. The summed E-state index contributed by atoms with van der Waals surface area (Å²) in [6, 6.07) is -0.152. The maximum Gasteiger partial charge on any atom is 0.237 e. The highest BCUT2D eigenvalue weighted by Crippen LogP contribution is 2.24. The summed E-state index contributed by atoms with van der Waals surface area (Å²) in [5, 5.41) is 3.02. The van der Waals surface area contributed by atoms with Gasteiger partial charge in [-0.05, 0) is 51.0 Å². The van der Waals surface area contributed by atoms with Crippen LogP contribution in [-0.4, -0.2) is 60.4 Å². The molecule has 2 aliphatic rings. The minimum absolute atomic E-state index is 0.0625. The van der Waals surface area contributed by atoms with E-state index in [9.17, 15) is 9.59 Å². The summed E-state index contributed by atoms with van der Waals surface area (Å²) in [5.41, 5.74) is 0. The predicted octanol–water partition coefficient (Wildman–Crippen LogP) is 2.12. The Hall–Kier alpha value is -1.10. The lowest BCUT2D eigenvalue weighted by molar-refractivity contribution is -0.140. The van der Waals surface area contributed by atoms with Gasteiger partial charge in [0.1, 0.15) is 0 Å². The highest BCUT2D eigenvalue weighted by Gasteiger charge is 2.33. The number of nitrogens with one attached hydrogen (secondary N) is 1. The molecule has 24 heavy (non-hydrogen) atoms. The number of hydrogen-bond acceptors (Lipinski definition) is 3. The quantitative estimate of drug-likeness (QED) is 0.836. The molecular formula is C19H35N3O2. The summed E-state index contributed by atoms with van der Waals surface area (Å²) in [7, 11) is 0. The lowest BCUT2D eigenvalue weighted by Gasteiger charge is -2.39. The molecule has 1 N–H and O–H groups in total. The second-order valence-electron chi connectivity index (χ2n) is 8.16. The first-order valence-corrected chi connectivity index (χ1v) is 9.69. The van der Waals surface area contributed by atoms with E-state index in [4.69, 9.17) is 0 Å². The molecule has 2 fully saturated rings. The number of likely N-dealkylation sites (tertiary alicyclic amines) is 2. The van der Waals surface area contributed by atoms with Crippen molar-refractivity contribution in [2.75, 3.05) is 32.7 Å². The van der Waals surface area contributed by atoms with Gasteiger partial charge in [-0.3, -0.25) is 14.5 Å². The van der Waals surface area contributed by atoms with Crippen LogP contribution in [0.15, 0.2) is 0 Å². The molecule has 0 aromatic heterocycles. The molecule has 2 rings (SSSR count). The molecule has 2 atom stereocenters. The normalized spacial score (nSPS) is 24.9. The standard InChI is InChI=1S/C19H35N3O2/c1-14(2)12-20-18(23)16(4)22-9-5-6-17(13-22)19(24)21-10-7-15(3)8-11-21/h14-17H,5-13H2,1-4H3,(H,20,23)/t16-,17+/m1/s1. The van der Waals surface area contributed by atoms with Crippen molar-refractivity contribution in [3.63, 3.8) is 0 Å². The second-order valence-corrected chi connectivity index (χ2v) is 8.16. The Morgan fingerprint density at radius 2 is 1.75 bits per heavy atom. The van der Waals surface area contributed by atoms with E-state index in [0.29, 0.717) is 18.4 Å². The molecule has 2 amide bonds. The largest absolute Gasteiger partial charge is 0.354 e. The highest BCUT2D eigenvalue weighted by molar-refractivity contribution is 5.82. The van der Waals surface area contributed by atoms with Gasteiger partial charge in [0.05, 0.1) is 12.0 Å². The summed E-state index contributed by atoms with van der Waals surface area (Å²) < 4.78 is 0. The molecule has 0 unspecified atom stereocenters. The van der Waals surface area contributed by atoms with Crippen molar-refractivity contribution in [2.45, 2.75) is 59.4 Å². The van der Waals surface area contributed by atoms with Crippen LogP contribution < -0.4 is 5.32 Å². The van der Waals surface area contributed by atoms with E-state index in [0.717, 1.165) is 57.8 Å². The smallest absolute Gasteiger partial charge is 0.237 e. The Morgan fingerprint density at radius 3 is 2.38 bits per heavy atom. The van der Waals surface area contributed by atoms with Gasteiger partial charge >= 0.3 is 0 Å². The molecule has 2 aliphatic heterocycles. The topological polar surface area (TPSA) is 52.7 Å². The molecular weight excluding hydrogens is 302 g/mol. The third-order valence-electron chi connectivity index (χ3n) is 5.51. The number of carbonyl (C=O) groups excluding carboxylic acids is 2. The zero-order valence-corrected chi connectivity index (χ0v) is 15.9. The van der Waals surface area contributed by atoms with E-state index in [1.165, 1.54) is 0 Å². The van der Waals surface area contributed by atoms with Crippen LogP contribution in [0.1, 0.15) is 53.4 Å². The first kappa shape index (κ1) is 19.2. The van der Waals surface area contributed by atoms with Gasteiger partial charge < -0.3 is 10.2 Å². The molecule has 0 saturated carbocycles.